The topological polar surface area (TPSA) is 105 Å². The Balaban J connectivity index is 1.28. The van der Waals surface area contributed by atoms with Crippen LogP contribution in [0.15, 0.2) is 48.5 Å². The summed E-state index contributed by atoms with van der Waals surface area (Å²) in [6, 6.07) is 16.1. The Hall–Kier alpha value is -3.35. The highest BCUT2D eigenvalue weighted by molar-refractivity contribution is 5.79. The Morgan fingerprint density at radius 1 is 0.971 bits per heavy atom. The van der Waals surface area contributed by atoms with Gasteiger partial charge in [-0.1, -0.05) is 62.4 Å². The van der Waals surface area contributed by atoms with E-state index in [0.29, 0.717) is 6.54 Å². The number of nitrogens with one attached hydrogen (secondary N) is 2. The molecule has 0 bridgehead atoms. The number of carboxylic acids is 1. The molecule has 0 aliphatic heterocycles. The van der Waals surface area contributed by atoms with E-state index in [1.54, 1.807) is 0 Å². The van der Waals surface area contributed by atoms with Gasteiger partial charge in [0.2, 0.25) is 5.91 Å². The number of aliphatic carboxylic acids is 1. The number of alkyl carbamates (subject to hydrolysis) is 1. The lowest BCUT2D eigenvalue weighted by atomic mass is 9.92. The highest BCUT2D eigenvalue weighted by atomic mass is 16.5. The summed E-state index contributed by atoms with van der Waals surface area (Å²) in [5.74, 6) is -0.746. The van der Waals surface area contributed by atoms with Crippen LogP contribution in [0.5, 0.6) is 0 Å². The van der Waals surface area contributed by atoms with E-state index in [2.05, 4.69) is 34.9 Å². The Morgan fingerprint density at radius 2 is 1.57 bits per heavy atom. The number of hydrogen-bond donors (Lipinski definition) is 3. The van der Waals surface area contributed by atoms with Gasteiger partial charge in [0, 0.05) is 24.9 Å². The standard InChI is InChI=1S/C28H34N2O5/c1-17(2)19(13-26(31)30-25(14-27(32)33)18-11-12-18)15-29-28(34)35-16-24-22-9-5-3-7-20(22)21-8-4-6-10-23(21)24/h3-10,17-19,24-25H,11-16H2,1-2H3,(H,29,34)(H,30,31)(H,32,33). The van der Waals surface area contributed by atoms with E-state index < -0.39 is 12.1 Å². The van der Waals surface area contributed by atoms with Crippen LogP contribution in [0, 0.1) is 17.8 Å². The van der Waals surface area contributed by atoms with Gasteiger partial charge in [-0.15, -0.1) is 0 Å². The first-order valence-corrected chi connectivity index (χ1v) is 12.4. The molecule has 2 aromatic rings. The fraction of sp³-hybridized carbons (Fsp3) is 0.464. The number of rotatable bonds is 11. The van der Waals surface area contributed by atoms with Crippen molar-refractivity contribution in [1.29, 1.82) is 0 Å². The zero-order valence-electron chi connectivity index (χ0n) is 20.3. The van der Waals surface area contributed by atoms with Crippen molar-refractivity contribution in [2.45, 2.75) is 51.5 Å². The second-order valence-corrected chi connectivity index (χ2v) is 10.0. The van der Waals surface area contributed by atoms with Crippen molar-refractivity contribution in [3.05, 3.63) is 59.7 Å². The fourth-order valence-corrected chi connectivity index (χ4v) is 4.93. The first-order chi connectivity index (χ1) is 16.8. The lowest BCUT2D eigenvalue weighted by Gasteiger charge is -2.23. The molecule has 2 aliphatic rings. The van der Waals surface area contributed by atoms with Crippen LogP contribution in [0.1, 0.15) is 56.6 Å². The average Bonchev–Trinajstić information content (AvgIpc) is 3.62. The predicted octanol–water partition coefficient (Wildman–Crippen LogP) is 4.56. The highest BCUT2D eigenvalue weighted by Crippen LogP contribution is 2.44. The number of benzene rings is 2. The maximum absolute atomic E-state index is 12.6. The number of fused-ring (bicyclic) bond motifs is 3. The van der Waals surface area contributed by atoms with Crippen LogP contribution in [-0.2, 0) is 14.3 Å². The van der Waals surface area contributed by atoms with Crippen LogP contribution >= 0.6 is 0 Å². The molecule has 0 spiro atoms. The maximum Gasteiger partial charge on any atom is 0.407 e. The molecule has 1 saturated carbocycles. The maximum atomic E-state index is 12.6. The lowest BCUT2D eigenvalue weighted by molar-refractivity contribution is -0.138. The molecule has 2 aromatic carbocycles. The van der Waals surface area contributed by atoms with E-state index in [4.69, 9.17) is 9.84 Å². The van der Waals surface area contributed by atoms with Crippen LogP contribution in [-0.4, -0.2) is 42.3 Å². The molecule has 0 aromatic heterocycles. The molecule has 0 heterocycles. The van der Waals surface area contributed by atoms with E-state index >= 15 is 0 Å². The van der Waals surface area contributed by atoms with Crippen LogP contribution in [0.2, 0.25) is 0 Å². The molecule has 2 unspecified atom stereocenters. The number of amides is 2. The highest BCUT2D eigenvalue weighted by Gasteiger charge is 2.34. The zero-order valence-corrected chi connectivity index (χ0v) is 20.3. The van der Waals surface area contributed by atoms with Gasteiger partial charge in [-0.2, -0.15) is 0 Å². The minimum Gasteiger partial charge on any atom is -0.481 e. The third kappa shape index (κ3) is 6.21. The van der Waals surface area contributed by atoms with Crippen molar-refractivity contribution in [2.75, 3.05) is 13.2 Å². The fourth-order valence-electron chi connectivity index (χ4n) is 4.93. The summed E-state index contributed by atoms with van der Waals surface area (Å²) in [5, 5.41) is 14.8. The van der Waals surface area contributed by atoms with Crippen molar-refractivity contribution in [1.82, 2.24) is 10.6 Å². The minimum atomic E-state index is -0.903. The third-order valence-electron chi connectivity index (χ3n) is 7.17. The van der Waals surface area contributed by atoms with E-state index in [1.165, 1.54) is 11.1 Å². The molecule has 35 heavy (non-hydrogen) atoms. The van der Waals surface area contributed by atoms with Gasteiger partial charge in [0.1, 0.15) is 6.61 Å². The molecular weight excluding hydrogens is 444 g/mol. The SMILES string of the molecule is CC(C)C(CNC(=O)OCC1c2ccccc2-c2ccccc21)CC(=O)NC(CC(=O)O)C1CC1. The summed E-state index contributed by atoms with van der Waals surface area (Å²) in [6.45, 7) is 4.57. The smallest absolute Gasteiger partial charge is 0.407 e. The van der Waals surface area contributed by atoms with Crippen molar-refractivity contribution < 1.29 is 24.2 Å². The summed E-state index contributed by atoms with van der Waals surface area (Å²) < 4.78 is 5.61. The Kier molecular flexibility index (Phi) is 7.73. The number of carbonyl (C=O) groups is 3. The van der Waals surface area contributed by atoms with Crippen molar-refractivity contribution in [3.63, 3.8) is 0 Å². The Labute approximate surface area is 206 Å². The molecule has 7 heteroatoms. The van der Waals surface area contributed by atoms with Gasteiger partial charge in [-0.05, 0) is 52.8 Å². The third-order valence-corrected chi connectivity index (χ3v) is 7.17. The van der Waals surface area contributed by atoms with Crippen LogP contribution in [0.25, 0.3) is 11.1 Å². The first-order valence-electron chi connectivity index (χ1n) is 12.4. The van der Waals surface area contributed by atoms with E-state index in [-0.39, 0.29) is 55.1 Å². The molecule has 3 N–H and O–H groups in total. The Bertz CT molecular complexity index is 1030. The van der Waals surface area contributed by atoms with Crippen molar-refractivity contribution in [3.8, 4) is 11.1 Å². The van der Waals surface area contributed by atoms with Gasteiger partial charge in [0.15, 0.2) is 0 Å². The molecule has 2 amide bonds. The predicted molar refractivity (Wildman–Crippen MR) is 133 cm³/mol. The largest absolute Gasteiger partial charge is 0.481 e. The average molecular weight is 479 g/mol. The Morgan fingerprint density at radius 3 is 2.11 bits per heavy atom. The van der Waals surface area contributed by atoms with Crippen molar-refractivity contribution >= 4 is 18.0 Å². The molecule has 186 valence electrons. The molecule has 2 atom stereocenters. The monoisotopic (exact) mass is 478 g/mol. The van der Waals surface area contributed by atoms with Gasteiger partial charge in [-0.3, -0.25) is 9.59 Å². The molecule has 0 saturated heterocycles. The minimum absolute atomic E-state index is 0.00610. The second-order valence-electron chi connectivity index (χ2n) is 10.0. The molecule has 2 aliphatic carbocycles. The summed E-state index contributed by atoms with van der Waals surface area (Å²) in [6.07, 6.45) is 1.58. The van der Waals surface area contributed by atoms with Gasteiger partial charge in [-0.25, -0.2) is 4.79 Å². The summed E-state index contributed by atoms with van der Waals surface area (Å²) in [5.41, 5.74) is 4.67. The second kappa shape index (κ2) is 10.9. The number of carboxylic acid groups (broad SMARTS) is 1. The summed E-state index contributed by atoms with van der Waals surface area (Å²) in [4.78, 5) is 36.3. The molecule has 7 nitrogen and oxygen atoms in total. The zero-order chi connectivity index (χ0) is 24.9. The molecule has 4 rings (SSSR count). The number of hydrogen-bond acceptors (Lipinski definition) is 4. The van der Waals surface area contributed by atoms with Crippen molar-refractivity contribution in [2.24, 2.45) is 17.8 Å². The number of ether oxygens (including phenoxy) is 1. The molecular formula is C28H34N2O5. The van der Waals surface area contributed by atoms with Crippen LogP contribution in [0.3, 0.4) is 0 Å². The van der Waals surface area contributed by atoms with Crippen LogP contribution < -0.4 is 10.6 Å². The van der Waals surface area contributed by atoms with Gasteiger partial charge in [0.25, 0.3) is 0 Å². The first kappa shape index (κ1) is 24.8. The quantitative estimate of drug-likeness (QED) is 0.439. The normalized spacial score (nSPS) is 16.2. The number of carbonyl (C=O) groups excluding carboxylic acids is 2. The van der Waals surface area contributed by atoms with E-state index in [1.807, 2.05) is 38.1 Å². The van der Waals surface area contributed by atoms with E-state index in [0.717, 1.165) is 24.0 Å². The van der Waals surface area contributed by atoms with Gasteiger partial charge < -0.3 is 20.5 Å². The summed E-state index contributed by atoms with van der Waals surface area (Å²) >= 11 is 0. The summed E-state index contributed by atoms with van der Waals surface area (Å²) in [7, 11) is 0. The van der Waals surface area contributed by atoms with Gasteiger partial charge in [0.05, 0.1) is 6.42 Å². The van der Waals surface area contributed by atoms with Crippen LogP contribution in [0.4, 0.5) is 4.79 Å². The molecule has 1 fully saturated rings. The van der Waals surface area contributed by atoms with Gasteiger partial charge >= 0.3 is 12.1 Å². The molecule has 0 radical (unpaired) electrons. The van der Waals surface area contributed by atoms with E-state index in [9.17, 15) is 14.4 Å². The lowest BCUT2D eigenvalue weighted by Crippen LogP contribution is -2.41.